The molecular weight excluding hydrogens is 653 g/mol. The van der Waals surface area contributed by atoms with Crippen LogP contribution >= 0.6 is 23.5 Å². The molecule has 2 amide bonds. The lowest BCUT2D eigenvalue weighted by Gasteiger charge is -2.33. The van der Waals surface area contributed by atoms with Crippen molar-refractivity contribution in [3.05, 3.63) is 36.6 Å². The summed E-state index contributed by atoms with van der Waals surface area (Å²) in [5, 5.41) is 5.39. The number of phosphoric acid groups is 3. The zero-order valence-electron chi connectivity index (χ0n) is 23.7. The molecule has 6 N–H and O–H groups in total. The van der Waals surface area contributed by atoms with Crippen LogP contribution in [0, 0.1) is 5.92 Å². The number of fused-ring (bicyclic) bond motifs is 1. The molecule has 0 aromatic rings. The number of aliphatic imine (C=N–C) groups is 1. The van der Waals surface area contributed by atoms with Crippen LogP contribution in [0.15, 0.2) is 41.6 Å². The Morgan fingerprint density at radius 1 is 1.25 bits per heavy atom. The molecule has 0 aromatic heterocycles. The van der Waals surface area contributed by atoms with Crippen LogP contribution in [0.1, 0.15) is 26.7 Å². The Morgan fingerprint density at radius 2 is 1.98 bits per heavy atom. The van der Waals surface area contributed by atoms with Gasteiger partial charge in [-0.15, -0.1) is 6.58 Å². The van der Waals surface area contributed by atoms with E-state index in [-0.39, 0.29) is 38.2 Å². The fourth-order valence-corrected chi connectivity index (χ4v) is 7.46. The lowest BCUT2D eigenvalue weighted by molar-refractivity contribution is -0.127. The van der Waals surface area contributed by atoms with E-state index in [1.54, 1.807) is 37.1 Å². The predicted molar refractivity (Wildman–Crippen MR) is 150 cm³/mol. The maximum absolute atomic E-state index is 12.9. The molecule has 0 bridgehead atoms. The van der Waals surface area contributed by atoms with Crippen LogP contribution in [0.5, 0.6) is 0 Å². The number of amidine groups is 1. The highest BCUT2D eigenvalue weighted by atomic mass is 31.3. The van der Waals surface area contributed by atoms with Gasteiger partial charge in [-0.25, -0.2) is 18.7 Å². The van der Waals surface area contributed by atoms with E-state index in [1.165, 1.54) is 6.08 Å². The first-order valence-electron chi connectivity index (χ1n) is 13.1. The SMILES string of the molecule is C=CCOCO[C@@H]1C[C@H](N2C=C(/C=C/CNC(=O)CC)C3C(=O)NC(C)=NC32)O[C@@H]1COP(=O)(O)OP(=O)(O)OP(=O)(O)O. The maximum atomic E-state index is 12.9. The predicted octanol–water partition coefficient (Wildman–Crippen LogP) is 0.762. The number of phosphoric ester groups is 1. The maximum Gasteiger partial charge on any atom is 0.490 e. The number of allylic oxidation sites excluding steroid dienone is 1. The van der Waals surface area contributed by atoms with E-state index in [1.807, 2.05) is 0 Å². The fraction of sp³-hybridized carbons (Fsp3) is 0.591. The van der Waals surface area contributed by atoms with Gasteiger partial charge in [0, 0.05) is 25.6 Å². The van der Waals surface area contributed by atoms with E-state index in [0.717, 1.165) is 0 Å². The lowest BCUT2D eigenvalue weighted by Crippen LogP contribution is -2.49. The molecule has 0 aliphatic carbocycles. The quantitative estimate of drug-likeness (QED) is 0.0533. The molecule has 3 aliphatic heterocycles. The van der Waals surface area contributed by atoms with Crippen molar-refractivity contribution in [3.8, 4) is 0 Å². The molecule has 3 rings (SSSR count). The van der Waals surface area contributed by atoms with E-state index in [2.05, 4.69) is 30.8 Å². The third kappa shape index (κ3) is 10.8. The van der Waals surface area contributed by atoms with Gasteiger partial charge in [-0.1, -0.05) is 25.2 Å². The highest BCUT2D eigenvalue weighted by Crippen LogP contribution is 2.66. The normalized spacial score (nSPS) is 28.1. The minimum Gasteiger partial charge on any atom is -0.353 e. The van der Waals surface area contributed by atoms with Crippen LogP contribution in [0.4, 0.5) is 0 Å². The van der Waals surface area contributed by atoms with E-state index in [0.29, 0.717) is 17.8 Å². The summed E-state index contributed by atoms with van der Waals surface area (Å²) in [6.07, 6.45) is 3.42. The number of hydrogen-bond donors (Lipinski definition) is 6. The summed E-state index contributed by atoms with van der Waals surface area (Å²) >= 11 is 0. The minimum atomic E-state index is -5.72. The van der Waals surface area contributed by atoms with E-state index < -0.39 is 60.6 Å². The van der Waals surface area contributed by atoms with Crippen molar-refractivity contribution < 1.29 is 70.2 Å². The smallest absolute Gasteiger partial charge is 0.353 e. The minimum absolute atomic E-state index is 0.112. The summed E-state index contributed by atoms with van der Waals surface area (Å²) in [5.74, 6) is -0.825. The molecule has 44 heavy (non-hydrogen) atoms. The van der Waals surface area contributed by atoms with Gasteiger partial charge >= 0.3 is 23.5 Å². The van der Waals surface area contributed by atoms with E-state index >= 15 is 0 Å². The van der Waals surface area contributed by atoms with Gasteiger partial charge in [0.15, 0.2) is 0 Å². The third-order valence-electron chi connectivity index (χ3n) is 6.15. The molecule has 4 unspecified atom stereocenters. The van der Waals surface area contributed by atoms with Crippen molar-refractivity contribution >= 4 is 41.1 Å². The summed E-state index contributed by atoms with van der Waals surface area (Å²) in [7, 11) is -16.7. The molecule has 0 radical (unpaired) electrons. The van der Waals surface area contributed by atoms with Crippen molar-refractivity contribution in [1.29, 1.82) is 0 Å². The highest BCUT2D eigenvalue weighted by molar-refractivity contribution is 7.66. The van der Waals surface area contributed by atoms with Crippen LogP contribution in [0.2, 0.25) is 0 Å². The summed E-state index contributed by atoms with van der Waals surface area (Å²) in [4.78, 5) is 67.5. The first-order chi connectivity index (χ1) is 20.5. The van der Waals surface area contributed by atoms with Gasteiger partial charge in [-0.2, -0.15) is 8.62 Å². The Balaban J connectivity index is 1.78. The van der Waals surface area contributed by atoms with Crippen molar-refractivity contribution in [2.75, 3.05) is 26.6 Å². The topological polar surface area (TPSA) is 261 Å². The number of nitrogens with zero attached hydrogens (tertiary/aromatic N) is 2. The van der Waals surface area contributed by atoms with Gasteiger partial charge in [-0.05, 0) is 12.5 Å². The summed E-state index contributed by atoms with van der Waals surface area (Å²) in [5.41, 5.74) is 0.571. The second kappa shape index (κ2) is 15.5. The van der Waals surface area contributed by atoms with Crippen molar-refractivity contribution in [2.45, 2.75) is 51.3 Å². The summed E-state index contributed by atoms with van der Waals surface area (Å²) < 4.78 is 64.2. The number of amides is 2. The zero-order valence-corrected chi connectivity index (χ0v) is 26.3. The van der Waals surface area contributed by atoms with Crippen LogP contribution in [0.3, 0.4) is 0 Å². The molecule has 0 saturated carbocycles. The Labute approximate surface area is 252 Å². The number of nitrogens with one attached hydrogen (secondary N) is 2. The average molecular weight is 688 g/mol. The Hall–Kier alpha value is -2.08. The van der Waals surface area contributed by atoms with Gasteiger partial charge in [0.25, 0.3) is 0 Å². The molecule has 248 valence electrons. The van der Waals surface area contributed by atoms with Gasteiger partial charge < -0.3 is 49.3 Å². The van der Waals surface area contributed by atoms with E-state index in [9.17, 15) is 33.1 Å². The highest BCUT2D eigenvalue weighted by Gasteiger charge is 2.49. The van der Waals surface area contributed by atoms with Gasteiger partial charge in [0.05, 0.1) is 19.3 Å². The summed E-state index contributed by atoms with van der Waals surface area (Å²) in [6, 6.07) is 0. The first kappa shape index (κ1) is 36.4. The third-order valence-corrected chi connectivity index (χ3v) is 9.96. The Kier molecular flexibility index (Phi) is 12.8. The van der Waals surface area contributed by atoms with Crippen molar-refractivity contribution in [2.24, 2.45) is 10.9 Å². The molecule has 3 aliphatic rings. The molecule has 1 fully saturated rings. The number of carbonyl (C=O) groups excluding carboxylic acids is 2. The molecule has 0 aromatic carbocycles. The van der Waals surface area contributed by atoms with Crippen molar-refractivity contribution in [3.63, 3.8) is 0 Å². The molecule has 0 spiro atoms. The second-order valence-corrected chi connectivity index (χ2v) is 13.9. The van der Waals surface area contributed by atoms with Crippen LogP contribution in [0.25, 0.3) is 0 Å². The number of hydrogen-bond acceptors (Lipinski definition) is 13. The standard InChI is InChI=1S/C22H35N4O15P3/c1-4-9-36-13-37-16-10-19(39-17(16)12-38-43(32,33)41-44(34,35)40-42(29,30)31)26-11-15(7-6-8-23-18(27)5-2)20-21(26)24-14(3)25-22(20)28/h4,6-7,11,16-17,19-21H,1,5,8-10,12-13H2,2-3H3,(H,23,27)(H,32,33)(H,34,35)(H,24,25,28)(H2,29,30,31)/b7-6+/t16-,17-,19-,20?,21?/m1/s1. The largest absolute Gasteiger partial charge is 0.490 e. The molecule has 7 atom stereocenters. The molecule has 22 heteroatoms. The zero-order chi connectivity index (χ0) is 32.7. The lowest BCUT2D eigenvalue weighted by atomic mass is 9.96. The van der Waals surface area contributed by atoms with Crippen molar-refractivity contribution in [1.82, 2.24) is 15.5 Å². The van der Waals surface area contributed by atoms with Crippen LogP contribution in [-0.2, 0) is 50.6 Å². The Morgan fingerprint density at radius 3 is 2.64 bits per heavy atom. The average Bonchev–Trinajstić information content (AvgIpc) is 3.46. The first-order valence-corrected chi connectivity index (χ1v) is 17.6. The van der Waals surface area contributed by atoms with Gasteiger partial charge in [0.2, 0.25) is 11.8 Å². The van der Waals surface area contributed by atoms with Crippen LogP contribution < -0.4 is 10.6 Å². The number of carbonyl (C=O) groups is 2. The second-order valence-electron chi connectivity index (χ2n) is 9.47. The number of ether oxygens (including phenoxy) is 3. The van der Waals surface area contributed by atoms with Crippen LogP contribution in [-0.4, -0.2) is 93.3 Å². The molecule has 1 saturated heterocycles. The van der Waals surface area contributed by atoms with Gasteiger partial charge in [-0.3, -0.25) is 14.1 Å². The van der Waals surface area contributed by atoms with Gasteiger partial charge in [0.1, 0.15) is 37.0 Å². The monoisotopic (exact) mass is 688 g/mol. The fourth-order valence-electron chi connectivity index (χ4n) is 4.43. The molecule has 3 heterocycles. The number of rotatable bonds is 17. The summed E-state index contributed by atoms with van der Waals surface area (Å²) in [6.45, 7) is 6.25. The van der Waals surface area contributed by atoms with E-state index in [4.69, 9.17) is 28.5 Å². The molecule has 19 nitrogen and oxygen atoms in total. The molecular formula is C22H35N4O15P3. The Bertz CT molecular complexity index is 1320.